The van der Waals surface area contributed by atoms with Gasteiger partial charge in [-0.3, -0.25) is 4.79 Å². The van der Waals surface area contributed by atoms with Crippen LogP contribution in [0.5, 0.6) is 0 Å². The molecule has 0 saturated carbocycles. The van der Waals surface area contributed by atoms with Crippen molar-refractivity contribution in [2.24, 2.45) is 0 Å². The highest BCUT2D eigenvalue weighted by molar-refractivity contribution is 5.77. The topological polar surface area (TPSA) is 57.8 Å². The minimum atomic E-state index is -0.0668. The van der Waals surface area contributed by atoms with E-state index in [0.29, 0.717) is 17.8 Å². The van der Waals surface area contributed by atoms with E-state index in [1.807, 2.05) is 18.2 Å². The second-order valence-electron chi connectivity index (χ2n) is 4.06. The summed E-state index contributed by atoms with van der Waals surface area (Å²) in [5.74, 6) is 0.699. The zero-order valence-electron chi connectivity index (χ0n) is 10.4. The lowest BCUT2D eigenvalue weighted by Gasteiger charge is -2.04. The molecule has 0 radical (unpaired) electrons. The summed E-state index contributed by atoms with van der Waals surface area (Å²) in [5.41, 5.74) is 0.687. The minimum Gasteiger partial charge on any atom is -1.00 e. The van der Waals surface area contributed by atoms with Gasteiger partial charge in [-0.1, -0.05) is 25.5 Å². The Kier molecular flexibility index (Phi) is 5.82. The van der Waals surface area contributed by atoms with E-state index in [0.717, 1.165) is 24.9 Å². The third-order valence-corrected chi connectivity index (χ3v) is 2.66. The Bertz CT molecular complexity index is 553. The molecular weight excluding hydrogens is 250 g/mol. The first kappa shape index (κ1) is 14.7. The molecule has 0 saturated heterocycles. The number of unbranched alkanes of at least 4 members (excludes halogenated alkanes) is 1. The Morgan fingerprint density at radius 1 is 1.33 bits per heavy atom. The quantitative estimate of drug-likeness (QED) is 0.670. The van der Waals surface area contributed by atoms with Gasteiger partial charge in [-0.15, -0.1) is 0 Å². The van der Waals surface area contributed by atoms with Crippen LogP contribution in [0.15, 0.2) is 29.1 Å². The molecular formula is C13H17ClN3O-. The fourth-order valence-electron chi connectivity index (χ4n) is 1.73. The van der Waals surface area contributed by atoms with Crippen molar-refractivity contribution in [3.05, 3.63) is 40.4 Å². The standard InChI is InChI=1S/C13H17N3O.ClH/c1-2-3-8-14-9-12-15-11-7-5-4-6-10(11)13(17)16-12;/h4-7,14H,2-3,8-9H2,1H3,(H,15,16,17);1H/p-1. The molecule has 1 heterocycles. The average Bonchev–Trinajstić information content (AvgIpc) is 2.35. The van der Waals surface area contributed by atoms with Crippen LogP contribution in [0.2, 0.25) is 0 Å². The fourth-order valence-corrected chi connectivity index (χ4v) is 1.73. The summed E-state index contributed by atoms with van der Waals surface area (Å²) in [4.78, 5) is 19.0. The molecule has 1 aromatic carbocycles. The molecule has 2 rings (SSSR count). The van der Waals surface area contributed by atoms with Gasteiger partial charge < -0.3 is 22.7 Å². The highest BCUT2D eigenvalue weighted by Crippen LogP contribution is 2.05. The van der Waals surface area contributed by atoms with Gasteiger partial charge in [0.15, 0.2) is 0 Å². The first-order valence-electron chi connectivity index (χ1n) is 6.00. The van der Waals surface area contributed by atoms with Gasteiger partial charge in [-0.25, -0.2) is 4.98 Å². The number of halogens is 1. The molecule has 0 bridgehead atoms. The van der Waals surface area contributed by atoms with Crippen LogP contribution >= 0.6 is 0 Å². The molecule has 0 spiro atoms. The molecule has 0 aliphatic heterocycles. The van der Waals surface area contributed by atoms with Crippen LogP contribution in [0, 0.1) is 0 Å². The number of fused-ring (bicyclic) bond motifs is 1. The summed E-state index contributed by atoms with van der Waals surface area (Å²) in [6, 6.07) is 7.39. The molecule has 18 heavy (non-hydrogen) atoms. The van der Waals surface area contributed by atoms with Crippen molar-refractivity contribution in [3.63, 3.8) is 0 Å². The number of nitrogens with zero attached hydrogens (tertiary/aromatic N) is 1. The van der Waals surface area contributed by atoms with Gasteiger partial charge in [0.05, 0.1) is 17.4 Å². The smallest absolute Gasteiger partial charge is 0.258 e. The van der Waals surface area contributed by atoms with Crippen molar-refractivity contribution < 1.29 is 12.4 Å². The molecule has 0 amide bonds. The van der Waals surface area contributed by atoms with Crippen molar-refractivity contribution in [1.82, 2.24) is 15.3 Å². The Hall–Kier alpha value is -1.39. The SMILES string of the molecule is CCCCNCc1nc2ccccc2c(=O)[nH]1.[Cl-]. The molecule has 98 valence electrons. The minimum absolute atomic E-state index is 0. The summed E-state index contributed by atoms with van der Waals surface area (Å²) >= 11 is 0. The predicted molar refractivity (Wildman–Crippen MR) is 69.0 cm³/mol. The second kappa shape index (κ2) is 7.13. The van der Waals surface area contributed by atoms with Gasteiger partial charge in [0.2, 0.25) is 0 Å². The lowest BCUT2D eigenvalue weighted by molar-refractivity contribution is -0.00000378. The van der Waals surface area contributed by atoms with E-state index >= 15 is 0 Å². The van der Waals surface area contributed by atoms with E-state index in [1.165, 1.54) is 0 Å². The molecule has 5 heteroatoms. The zero-order chi connectivity index (χ0) is 12.1. The number of rotatable bonds is 5. The number of hydrogen-bond acceptors (Lipinski definition) is 3. The summed E-state index contributed by atoms with van der Waals surface area (Å²) in [7, 11) is 0. The van der Waals surface area contributed by atoms with Gasteiger partial charge >= 0.3 is 0 Å². The maximum absolute atomic E-state index is 11.8. The van der Waals surface area contributed by atoms with E-state index < -0.39 is 0 Å². The van der Waals surface area contributed by atoms with E-state index in [1.54, 1.807) is 6.07 Å². The highest BCUT2D eigenvalue weighted by atomic mass is 35.5. The predicted octanol–water partition coefficient (Wildman–Crippen LogP) is -1.18. The van der Waals surface area contributed by atoms with Crippen LogP contribution in [0.4, 0.5) is 0 Å². The first-order chi connectivity index (χ1) is 8.31. The molecule has 0 fully saturated rings. The number of benzene rings is 1. The van der Waals surface area contributed by atoms with Crippen molar-refractivity contribution >= 4 is 10.9 Å². The molecule has 0 aliphatic rings. The van der Waals surface area contributed by atoms with Gasteiger partial charge in [-0.2, -0.15) is 0 Å². The van der Waals surface area contributed by atoms with Crippen LogP contribution in [-0.2, 0) is 6.54 Å². The normalized spacial score (nSPS) is 10.3. The van der Waals surface area contributed by atoms with Gasteiger partial charge in [-0.05, 0) is 25.1 Å². The maximum Gasteiger partial charge on any atom is 0.258 e. The van der Waals surface area contributed by atoms with Crippen molar-refractivity contribution in [3.8, 4) is 0 Å². The van der Waals surface area contributed by atoms with Gasteiger partial charge in [0, 0.05) is 0 Å². The van der Waals surface area contributed by atoms with Crippen LogP contribution in [-0.4, -0.2) is 16.5 Å². The van der Waals surface area contributed by atoms with E-state index in [-0.39, 0.29) is 18.0 Å². The Labute approximate surface area is 112 Å². The van der Waals surface area contributed by atoms with E-state index in [9.17, 15) is 4.79 Å². The number of nitrogens with one attached hydrogen (secondary N) is 2. The molecule has 2 N–H and O–H groups in total. The molecule has 0 unspecified atom stereocenters. The second-order valence-corrected chi connectivity index (χ2v) is 4.06. The molecule has 4 nitrogen and oxygen atoms in total. The van der Waals surface area contributed by atoms with Gasteiger partial charge in [0.25, 0.3) is 5.56 Å². The summed E-state index contributed by atoms with van der Waals surface area (Å²) in [6.45, 7) is 3.71. The molecule has 0 aliphatic carbocycles. The highest BCUT2D eigenvalue weighted by Gasteiger charge is 2.02. The van der Waals surface area contributed by atoms with Crippen LogP contribution in [0.25, 0.3) is 10.9 Å². The average molecular weight is 267 g/mol. The number of para-hydroxylation sites is 1. The number of hydrogen-bond donors (Lipinski definition) is 2. The van der Waals surface area contributed by atoms with Crippen LogP contribution in [0.1, 0.15) is 25.6 Å². The Morgan fingerprint density at radius 3 is 2.89 bits per heavy atom. The third kappa shape index (κ3) is 3.55. The summed E-state index contributed by atoms with van der Waals surface area (Å²) < 4.78 is 0. The molecule has 1 aromatic heterocycles. The van der Waals surface area contributed by atoms with Crippen LogP contribution in [0.3, 0.4) is 0 Å². The number of H-pyrrole nitrogens is 1. The lowest BCUT2D eigenvalue weighted by atomic mass is 10.2. The molecule has 2 aromatic rings. The maximum atomic E-state index is 11.8. The fraction of sp³-hybridized carbons (Fsp3) is 0.385. The van der Waals surface area contributed by atoms with E-state index in [4.69, 9.17) is 0 Å². The molecule has 0 atom stereocenters. The Morgan fingerprint density at radius 2 is 2.11 bits per heavy atom. The lowest BCUT2D eigenvalue weighted by Crippen LogP contribution is -3.00. The summed E-state index contributed by atoms with van der Waals surface area (Å²) in [6.07, 6.45) is 2.30. The number of aromatic nitrogens is 2. The summed E-state index contributed by atoms with van der Waals surface area (Å²) in [5, 5.41) is 3.91. The monoisotopic (exact) mass is 266 g/mol. The van der Waals surface area contributed by atoms with E-state index in [2.05, 4.69) is 22.2 Å². The largest absolute Gasteiger partial charge is 1.00 e. The van der Waals surface area contributed by atoms with Crippen LogP contribution < -0.4 is 23.3 Å². The van der Waals surface area contributed by atoms with Crippen molar-refractivity contribution in [2.45, 2.75) is 26.3 Å². The number of aromatic amines is 1. The zero-order valence-corrected chi connectivity index (χ0v) is 11.1. The third-order valence-electron chi connectivity index (χ3n) is 2.66. The van der Waals surface area contributed by atoms with Gasteiger partial charge in [0.1, 0.15) is 5.82 Å². The van der Waals surface area contributed by atoms with Crippen molar-refractivity contribution in [1.29, 1.82) is 0 Å². The Balaban J connectivity index is 0.00000162. The first-order valence-corrected chi connectivity index (χ1v) is 6.00. The van der Waals surface area contributed by atoms with Crippen molar-refractivity contribution in [2.75, 3.05) is 6.54 Å².